The number of anilines is 1. The van der Waals surface area contributed by atoms with Crippen molar-refractivity contribution < 1.29 is 0 Å². The van der Waals surface area contributed by atoms with E-state index in [2.05, 4.69) is 50.7 Å². The van der Waals surface area contributed by atoms with Crippen LogP contribution >= 0.6 is 0 Å². The van der Waals surface area contributed by atoms with E-state index in [0.29, 0.717) is 0 Å². The molecule has 0 fully saturated rings. The standard InChI is InChI=1S/C12H17N/c1-9(2)11-8-10(3)6-7-12(11)13(4)5/h6-8H,1H2,2-5H3. The monoisotopic (exact) mass is 175 g/mol. The Hall–Kier alpha value is -1.24. The summed E-state index contributed by atoms with van der Waals surface area (Å²) >= 11 is 0. The smallest absolute Gasteiger partial charge is 0.0437 e. The van der Waals surface area contributed by atoms with Crippen molar-refractivity contribution in [2.45, 2.75) is 13.8 Å². The summed E-state index contributed by atoms with van der Waals surface area (Å²) in [5.74, 6) is 0. The number of aryl methyl sites for hydroxylation is 1. The van der Waals surface area contributed by atoms with Crippen LogP contribution in [0.1, 0.15) is 18.1 Å². The highest BCUT2D eigenvalue weighted by molar-refractivity contribution is 5.74. The van der Waals surface area contributed by atoms with Gasteiger partial charge in [-0.15, -0.1) is 0 Å². The molecule has 0 amide bonds. The van der Waals surface area contributed by atoms with Crippen LogP contribution in [-0.4, -0.2) is 14.1 Å². The minimum absolute atomic E-state index is 1.12. The third-order valence-corrected chi connectivity index (χ3v) is 2.09. The average Bonchev–Trinajstić information content (AvgIpc) is 2.03. The Balaban J connectivity index is 3.27. The summed E-state index contributed by atoms with van der Waals surface area (Å²) in [5, 5.41) is 0. The third-order valence-electron chi connectivity index (χ3n) is 2.09. The van der Waals surface area contributed by atoms with E-state index in [1.807, 2.05) is 6.92 Å². The van der Waals surface area contributed by atoms with E-state index in [4.69, 9.17) is 0 Å². The molecule has 70 valence electrons. The Kier molecular flexibility index (Phi) is 2.76. The molecule has 0 aliphatic rings. The van der Waals surface area contributed by atoms with Gasteiger partial charge >= 0.3 is 0 Å². The lowest BCUT2D eigenvalue weighted by molar-refractivity contribution is 1.12. The molecular weight excluding hydrogens is 158 g/mol. The molecule has 0 atom stereocenters. The molecule has 0 aromatic heterocycles. The highest BCUT2D eigenvalue weighted by atomic mass is 15.1. The van der Waals surface area contributed by atoms with Crippen molar-refractivity contribution in [1.29, 1.82) is 0 Å². The molecule has 0 radical (unpaired) electrons. The molecule has 0 aliphatic carbocycles. The van der Waals surface area contributed by atoms with Crippen LogP contribution in [-0.2, 0) is 0 Å². The predicted octanol–water partition coefficient (Wildman–Crippen LogP) is 3.09. The first-order valence-corrected chi connectivity index (χ1v) is 4.46. The lowest BCUT2D eigenvalue weighted by Gasteiger charge is -2.18. The van der Waals surface area contributed by atoms with Crippen LogP contribution in [0.15, 0.2) is 24.8 Å². The second-order valence-electron chi connectivity index (χ2n) is 3.70. The fraction of sp³-hybridized carbons (Fsp3) is 0.333. The third kappa shape index (κ3) is 2.11. The molecule has 1 rings (SSSR count). The van der Waals surface area contributed by atoms with Crippen LogP contribution in [0.3, 0.4) is 0 Å². The number of benzene rings is 1. The summed E-state index contributed by atoms with van der Waals surface area (Å²) in [4.78, 5) is 2.11. The number of hydrogen-bond acceptors (Lipinski definition) is 1. The molecule has 0 spiro atoms. The Morgan fingerprint density at radius 2 is 1.92 bits per heavy atom. The fourth-order valence-corrected chi connectivity index (χ4v) is 1.38. The number of rotatable bonds is 2. The molecule has 1 aromatic rings. The van der Waals surface area contributed by atoms with Crippen LogP contribution in [0.5, 0.6) is 0 Å². The van der Waals surface area contributed by atoms with Crippen LogP contribution in [0.2, 0.25) is 0 Å². The van der Waals surface area contributed by atoms with Gasteiger partial charge in [0.2, 0.25) is 0 Å². The lowest BCUT2D eigenvalue weighted by atomic mass is 10.0. The summed E-state index contributed by atoms with van der Waals surface area (Å²) in [6, 6.07) is 6.44. The normalized spacial score (nSPS) is 9.85. The minimum Gasteiger partial charge on any atom is -0.377 e. The van der Waals surface area contributed by atoms with Gasteiger partial charge in [0, 0.05) is 25.3 Å². The SMILES string of the molecule is C=C(C)c1cc(C)ccc1N(C)C. The van der Waals surface area contributed by atoms with E-state index < -0.39 is 0 Å². The van der Waals surface area contributed by atoms with Crippen LogP contribution in [0.25, 0.3) is 5.57 Å². The van der Waals surface area contributed by atoms with Gasteiger partial charge in [-0.2, -0.15) is 0 Å². The molecular formula is C12H17N. The highest BCUT2D eigenvalue weighted by Crippen LogP contribution is 2.25. The van der Waals surface area contributed by atoms with Crippen molar-refractivity contribution in [2.75, 3.05) is 19.0 Å². The van der Waals surface area contributed by atoms with Crippen molar-refractivity contribution in [3.8, 4) is 0 Å². The Morgan fingerprint density at radius 3 is 2.38 bits per heavy atom. The zero-order valence-electron chi connectivity index (χ0n) is 8.89. The second kappa shape index (κ2) is 3.65. The van der Waals surface area contributed by atoms with Gasteiger partial charge in [0.25, 0.3) is 0 Å². The molecule has 13 heavy (non-hydrogen) atoms. The molecule has 1 aromatic carbocycles. The van der Waals surface area contributed by atoms with Crippen molar-refractivity contribution in [1.82, 2.24) is 0 Å². The maximum Gasteiger partial charge on any atom is 0.0437 e. The van der Waals surface area contributed by atoms with Crippen LogP contribution < -0.4 is 4.90 Å². The van der Waals surface area contributed by atoms with Gasteiger partial charge in [-0.25, -0.2) is 0 Å². The van der Waals surface area contributed by atoms with Crippen molar-refractivity contribution in [2.24, 2.45) is 0 Å². The van der Waals surface area contributed by atoms with Crippen LogP contribution in [0, 0.1) is 6.92 Å². The van der Waals surface area contributed by atoms with E-state index >= 15 is 0 Å². The first-order chi connectivity index (χ1) is 6.02. The average molecular weight is 175 g/mol. The number of hydrogen-bond donors (Lipinski definition) is 0. The van der Waals surface area contributed by atoms with E-state index in [1.54, 1.807) is 0 Å². The highest BCUT2D eigenvalue weighted by Gasteiger charge is 2.04. The minimum atomic E-state index is 1.12. The molecule has 1 heteroatoms. The van der Waals surface area contributed by atoms with E-state index in [0.717, 1.165) is 5.57 Å². The fourth-order valence-electron chi connectivity index (χ4n) is 1.38. The Bertz CT molecular complexity index is 324. The number of nitrogens with zero attached hydrogens (tertiary/aromatic N) is 1. The van der Waals surface area contributed by atoms with Crippen molar-refractivity contribution in [3.63, 3.8) is 0 Å². The van der Waals surface area contributed by atoms with Gasteiger partial charge in [0.15, 0.2) is 0 Å². The zero-order valence-corrected chi connectivity index (χ0v) is 8.89. The predicted molar refractivity (Wildman–Crippen MR) is 60.2 cm³/mol. The van der Waals surface area contributed by atoms with E-state index in [1.165, 1.54) is 16.8 Å². The largest absolute Gasteiger partial charge is 0.377 e. The van der Waals surface area contributed by atoms with Crippen molar-refractivity contribution in [3.05, 3.63) is 35.9 Å². The van der Waals surface area contributed by atoms with Gasteiger partial charge in [0.05, 0.1) is 0 Å². The quantitative estimate of drug-likeness (QED) is 0.667. The van der Waals surface area contributed by atoms with Gasteiger partial charge < -0.3 is 4.90 Å². The van der Waals surface area contributed by atoms with E-state index in [-0.39, 0.29) is 0 Å². The summed E-state index contributed by atoms with van der Waals surface area (Å²) in [5.41, 5.74) is 4.87. The summed E-state index contributed by atoms with van der Waals surface area (Å²) in [6.07, 6.45) is 0. The Morgan fingerprint density at radius 1 is 1.31 bits per heavy atom. The molecule has 1 nitrogen and oxygen atoms in total. The maximum absolute atomic E-state index is 3.98. The van der Waals surface area contributed by atoms with Crippen molar-refractivity contribution >= 4 is 11.3 Å². The van der Waals surface area contributed by atoms with Gasteiger partial charge in [-0.1, -0.05) is 18.2 Å². The molecule has 0 saturated heterocycles. The molecule has 0 N–H and O–H groups in total. The lowest BCUT2D eigenvalue weighted by Crippen LogP contribution is -2.10. The summed E-state index contributed by atoms with van der Waals surface area (Å²) in [7, 11) is 4.11. The second-order valence-corrected chi connectivity index (χ2v) is 3.70. The number of allylic oxidation sites excluding steroid dienone is 1. The molecule has 0 saturated carbocycles. The molecule has 0 bridgehead atoms. The first kappa shape index (κ1) is 9.85. The Labute approximate surface area is 80.7 Å². The zero-order chi connectivity index (χ0) is 10.0. The molecule has 0 heterocycles. The topological polar surface area (TPSA) is 3.24 Å². The summed E-state index contributed by atoms with van der Waals surface area (Å²) in [6.45, 7) is 8.13. The molecule has 0 unspecified atom stereocenters. The van der Waals surface area contributed by atoms with Gasteiger partial charge in [-0.05, 0) is 31.6 Å². The van der Waals surface area contributed by atoms with E-state index in [9.17, 15) is 0 Å². The van der Waals surface area contributed by atoms with Gasteiger partial charge in [0.1, 0.15) is 0 Å². The van der Waals surface area contributed by atoms with Gasteiger partial charge in [-0.3, -0.25) is 0 Å². The molecule has 0 aliphatic heterocycles. The van der Waals surface area contributed by atoms with Crippen LogP contribution in [0.4, 0.5) is 5.69 Å². The maximum atomic E-state index is 3.98. The summed E-state index contributed by atoms with van der Waals surface area (Å²) < 4.78 is 0. The first-order valence-electron chi connectivity index (χ1n) is 4.46.